The SMILES string of the molecule is O=C(c1ccccc1Cl)c1cc(F)c(F)cc1Cl. The van der Waals surface area contributed by atoms with Gasteiger partial charge in [-0.15, -0.1) is 0 Å². The van der Waals surface area contributed by atoms with Gasteiger partial charge < -0.3 is 0 Å². The van der Waals surface area contributed by atoms with E-state index in [1.807, 2.05) is 0 Å². The predicted octanol–water partition coefficient (Wildman–Crippen LogP) is 4.50. The molecule has 0 aromatic heterocycles. The molecule has 0 bridgehead atoms. The van der Waals surface area contributed by atoms with E-state index in [1.54, 1.807) is 12.1 Å². The van der Waals surface area contributed by atoms with Gasteiger partial charge in [-0.3, -0.25) is 4.79 Å². The average molecular weight is 287 g/mol. The van der Waals surface area contributed by atoms with Crippen molar-refractivity contribution < 1.29 is 13.6 Å². The molecule has 0 atom stereocenters. The van der Waals surface area contributed by atoms with E-state index in [1.165, 1.54) is 12.1 Å². The number of hydrogen-bond acceptors (Lipinski definition) is 1. The first-order valence-corrected chi connectivity index (χ1v) is 5.70. The summed E-state index contributed by atoms with van der Waals surface area (Å²) < 4.78 is 26.0. The van der Waals surface area contributed by atoms with E-state index in [-0.39, 0.29) is 21.2 Å². The molecular weight excluding hydrogens is 281 g/mol. The van der Waals surface area contributed by atoms with Gasteiger partial charge >= 0.3 is 0 Å². The number of benzene rings is 2. The zero-order valence-corrected chi connectivity index (χ0v) is 10.4. The van der Waals surface area contributed by atoms with Crippen LogP contribution in [0.1, 0.15) is 15.9 Å². The van der Waals surface area contributed by atoms with Crippen LogP contribution in [0.3, 0.4) is 0 Å². The van der Waals surface area contributed by atoms with Gasteiger partial charge in [-0.25, -0.2) is 8.78 Å². The van der Waals surface area contributed by atoms with Gasteiger partial charge in [0.25, 0.3) is 0 Å². The van der Waals surface area contributed by atoms with Crippen LogP contribution in [0.15, 0.2) is 36.4 Å². The maximum atomic E-state index is 13.1. The summed E-state index contributed by atoms with van der Waals surface area (Å²) >= 11 is 11.6. The highest BCUT2D eigenvalue weighted by Gasteiger charge is 2.18. The van der Waals surface area contributed by atoms with E-state index in [0.717, 1.165) is 12.1 Å². The number of hydrogen-bond donors (Lipinski definition) is 0. The maximum absolute atomic E-state index is 13.1. The van der Waals surface area contributed by atoms with Crippen LogP contribution in [0.2, 0.25) is 10.0 Å². The van der Waals surface area contributed by atoms with Gasteiger partial charge in [0, 0.05) is 11.1 Å². The fraction of sp³-hybridized carbons (Fsp3) is 0. The fourth-order valence-corrected chi connectivity index (χ4v) is 1.94. The lowest BCUT2D eigenvalue weighted by Gasteiger charge is -2.06. The van der Waals surface area contributed by atoms with Crippen molar-refractivity contribution in [3.05, 3.63) is 69.2 Å². The summed E-state index contributed by atoms with van der Waals surface area (Å²) in [5.41, 5.74) is 0.0655. The zero-order chi connectivity index (χ0) is 13.3. The smallest absolute Gasteiger partial charge is 0.196 e. The molecule has 0 heterocycles. The summed E-state index contributed by atoms with van der Waals surface area (Å²) in [4.78, 5) is 12.1. The minimum atomic E-state index is -1.13. The lowest BCUT2D eigenvalue weighted by Crippen LogP contribution is -2.04. The van der Waals surface area contributed by atoms with Crippen LogP contribution in [-0.2, 0) is 0 Å². The van der Waals surface area contributed by atoms with E-state index in [4.69, 9.17) is 23.2 Å². The molecule has 0 amide bonds. The fourth-order valence-electron chi connectivity index (χ4n) is 1.49. The molecular formula is C13H6Cl2F2O. The molecule has 2 aromatic carbocycles. The highest BCUT2D eigenvalue weighted by molar-refractivity contribution is 6.38. The molecule has 5 heteroatoms. The van der Waals surface area contributed by atoms with Gasteiger partial charge in [-0.05, 0) is 24.3 Å². The summed E-state index contributed by atoms with van der Waals surface area (Å²) in [5.74, 6) is -2.78. The van der Waals surface area contributed by atoms with Crippen LogP contribution < -0.4 is 0 Å². The molecule has 0 aliphatic heterocycles. The third-order valence-electron chi connectivity index (χ3n) is 2.37. The van der Waals surface area contributed by atoms with Crippen LogP contribution in [0.5, 0.6) is 0 Å². The topological polar surface area (TPSA) is 17.1 Å². The van der Waals surface area contributed by atoms with E-state index in [2.05, 4.69) is 0 Å². The van der Waals surface area contributed by atoms with Crippen molar-refractivity contribution in [1.82, 2.24) is 0 Å². The third-order valence-corrected chi connectivity index (χ3v) is 3.02. The third kappa shape index (κ3) is 2.37. The Morgan fingerprint density at radius 3 is 2.17 bits per heavy atom. The zero-order valence-electron chi connectivity index (χ0n) is 8.88. The molecule has 0 radical (unpaired) electrons. The van der Waals surface area contributed by atoms with Crippen molar-refractivity contribution >= 4 is 29.0 Å². The average Bonchev–Trinajstić information content (AvgIpc) is 2.33. The number of carbonyl (C=O) groups is 1. The maximum Gasteiger partial charge on any atom is 0.196 e. The molecule has 1 nitrogen and oxygen atoms in total. The Morgan fingerprint density at radius 2 is 1.50 bits per heavy atom. The Balaban J connectivity index is 2.53. The summed E-state index contributed by atoms with van der Waals surface area (Å²) in [6.45, 7) is 0. The second kappa shape index (κ2) is 5.04. The monoisotopic (exact) mass is 286 g/mol. The largest absolute Gasteiger partial charge is 0.288 e. The molecule has 0 spiro atoms. The lowest BCUT2D eigenvalue weighted by molar-refractivity contribution is 0.103. The Kier molecular flexibility index (Phi) is 3.64. The van der Waals surface area contributed by atoms with Crippen molar-refractivity contribution in [3.8, 4) is 0 Å². The quantitative estimate of drug-likeness (QED) is 0.587. The molecule has 0 saturated heterocycles. The molecule has 2 aromatic rings. The molecule has 0 aliphatic carbocycles. The highest BCUT2D eigenvalue weighted by Crippen LogP contribution is 2.25. The first kappa shape index (κ1) is 13.0. The molecule has 2 rings (SSSR count). The van der Waals surface area contributed by atoms with Crippen LogP contribution in [0.4, 0.5) is 8.78 Å². The van der Waals surface area contributed by atoms with Crippen LogP contribution in [0.25, 0.3) is 0 Å². The molecule has 18 heavy (non-hydrogen) atoms. The van der Waals surface area contributed by atoms with Gasteiger partial charge in [0.15, 0.2) is 17.4 Å². The van der Waals surface area contributed by atoms with Crippen molar-refractivity contribution in [3.63, 3.8) is 0 Å². The first-order chi connectivity index (χ1) is 8.50. The standard InChI is InChI=1S/C13H6Cl2F2O/c14-9-4-2-1-3-7(9)13(18)8-5-11(16)12(17)6-10(8)15/h1-6H. The number of halogens is 4. The van der Waals surface area contributed by atoms with Gasteiger partial charge in [0.1, 0.15) is 0 Å². The first-order valence-electron chi connectivity index (χ1n) is 4.94. The van der Waals surface area contributed by atoms with E-state index >= 15 is 0 Å². The summed E-state index contributed by atoms with van der Waals surface area (Å²) in [6.07, 6.45) is 0. The normalized spacial score (nSPS) is 10.4. The van der Waals surface area contributed by atoms with E-state index in [9.17, 15) is 13.6 Å². The Bertz CT molecular complexity index is 626. The Labute approximate surface area is 112 Å². The minimum Gasteiger partial charge on any atom is -0.288 e. The Hall–Kier alpha value is -1.45. The van der Waals surface area contributed by atoms with Crippen molar-refractivity contribution in [1.29, 1.82) is 0 Å². The number of ketones is 1. The number of carbonyl (C=O) groups excluding carboxylic acids is 1. The van der Waals surface area contributed by atoms with Crippen molar-refractivity contribution in [2.45, 2.75) is 0 Å². The van der Waals surface area contributed by atoms with Gasteiger partial charge in [-0.1, -0.05) is 35.3 Å². The van der Waals surface area contributed by atoms with E-state index < -0.39 is 17.4 Å². The molecule has 0 fully saturated rings. The molecule has 0 aliphatic rings. The number of rotatable bonds is 2. The van der Waals surface area contributed by atoms with Gasteiger partial charge in [0.05, 0.1) is 10.0 Å². The van der Waals surface area contributed by atoms with Crippen LogP contribution >= 0.6 is 23.2 Å². The van der Waals surface area contributed by atoms with Crippen LogP contribution in [-0.4, -0.2) is 5.78 Å². The second-order valence-corrected chi connectivity index (χ2v) is 4.37. The second-order valence-electron chi connectivity index (χ2n) is 3.56. The van der Waals surface area contributed by atoms with Crippen LogP contribution in [0, 0.1) is 11.6 Å². The molecule has 92 valence electrons. The summed E-state index contributed by atoms with van der Waals surface area (Å²) in [6, 6.07) is 7.83. The van der Waals surface area contributed by atoms with Crippen molar-refractivity contribution in [2.24, 2.45) is 0 Å². The van der Waals surface area contributed by atoms with Gasteiger partial charge in [0.2, 0.25) is 0 Å². The van der Waals surface area contributed by atoms with E-state index in [0.29, 0.717) is 0 Å². The summed E-state index contributed by atoms with van der Waals surface area (Å²) in [5, 5.41) is 0.0714. The lowest BCUT2D eigenvalue weighted by atomic mass is 10.0. The molecule has 0 saturated carbocycles. The molecule has 0 N–H and O–H groups in total. The highest BCUT2D eigenvalue weighted by atomic mass is 35.5. The minimum absolute atomic E-state index is 0.122. The van der Waals surface area contributed by atoms with Crippen molar-refractivity contribution in [2.75, 3.05) is 0 Å². The predicted molar refractivity (Wildman–Crippen MR) is 66.3 cm³/mol. The molecule has 0 unspecified atom stereocenters. The Morgan fingerprint density at radius 1 is 0.889 bits per heavy atom. The summed E-state index contributed by atoms with van der Waals surface area (Å²) in [7, 11) is 0. The van der Waals surface area contributed by atoms with Gasteiger partial charge in [-0.2, -0.15) is 0 Å².